The number of rotatable bonds is 6. The van der Waals surface area contributed by atoms with Gasteiger partial charge in [-0.2, -0.15) is 0 Å². The maximum Gasteiger partial charge on any atom is 0.307 e. The Morgan fingerprint density at radius 2 is 1.74 bits per heavy atom. The molecule has 31 heavy (non-hydrogen) atoms. The standard InChI is InChI=1S/C23H18FNO5S/c1-14-18(13-21(26)27)22-20(25-14)12-11-19(24)23(22)31(28,29)17-9-7-16(8-10-17)30-15-5-3-2-4-6-15/h2-11H,12-13H2,1H3,(H,26,27). The van der Waals surface area contributed by atoms with Crippen molar-refractivity contribution in [2.24, 2.45) is 4.99 Å². The number of nitrogens with zero attached hydrogens (tertiary/aromatic N) is 1. The first-order valence-electron chi connectivity index (χ1n) is 9.45. The van der Waals surface area contributed by atoms with Crippen LogP contribution in [0.3, 0.4) is 0 Å². The minimum atomic E-state index is -4.27. The number of allylic oxidation sites excluding steroid dienone is 4. The van der Waals surface area contributed by atoms with E-state index in [9.17, 15) is 22.7 Å². The van der Waals surface area contributed by atoms with E-state index in [1.54, 1.807) is 19.1 Å². The van der Waals surface area contributed by atoms with Gasteiger partial charge in [0, 0.05) is 17.7 Å². The van der Waals surface area contributed by atoms with Gasteiger partial charge in [-0.15, -0.1) is 0 Å². The second kappa shape index (κ2) is 7.96. The van der Waals surface area contributed by atoms with Crippen LogP contribution < -0.4 is 4.74 Å². The molecule has 0 bridgehead atoms. The Labute approximate surface area is 178 Å². The van der Waals surface area contributed by atoms with Crippen molar-refractivity contribution < 1.29 is 27.4 Å². The molecule has 0 fully saturated rings. The fraction of sp³-hybridized carbons (Fsp3) is 0.130. The molecule has 2 aliphatic rings. The van der Waals surface area contributed by atoms with Gasteiger partial charge in [-0.25, -0.2) is 12.8 Å². The van der Waals surface area contributed by atoms with Crippen LogP contribution in [0.15, 0.2) is 98.1 Å². The van der Waals surface area contributed by atoms with Crippen LogP contribution in [0.1, 0.15) is 19.8 Å². The van der Waals surface area contributed by atoms with Crippen LogP contribution in [-0.4, -0.2) is 25.2 Å². The van der Waals surface area contributed by atoms with Crippen molar-refractivity contribution in [1.82, 2.24) is 0 Å². The summed E-state index contributed by atoms with van der Waals surface area (Å²) in [6.45, 7) is 1.59. The summed E-state index contributed by atoms with van der Waals surface area (Å²) in [5, 5.41) is 9.23. The number of aliphatic carboxylic acids is 1. The van der Waals surface area contributed by atoms with E-state index in [2.05, 4.69) is 4.99 Å². The number of sulfone groups is 1. The molecule has 1 heterocycles. The number of carbonyl (C=O) groups is 1. The average Bonchev–Trinajstić information content (AvgIpc) is 3.03. The summed E-state index contributed by atoms with van der Waals surface area (Å²) < 4.78 is 47.2. The molecular formula is C23H18FNO5S. The van der Waals surface area contributed by atoms with Crippen molar-refractivity contribution >= 4 is 21.5 Å². The van der Waals surface area contributed by atoms with E-state index in [1.807, 2.05) is 18.2 Å². The van der Waals surface area contributed by atoms with E-state index in [0.29, 0.717) is 22.9 Å². The lowest BCUT2D eigenvalue weighted by Gasteiger charge is -2.18. The first-order chi connectivity index (χ1) is 14.8. The van der Waals surface area contributed by atoms with Crippen molar-refractivity contribution in [2.45, 2.75) is 24.7 Å². The number of fused-ring (bicyclic) bond motifs is 1. The molecule has 8 heteroatoms. The van der Waals surface area contributed by atoms with E-state index in [0.717, 1.165) is 6.08 Å². The molecule has 0 radical (unpaired) electrons. The fourth-order valence-electron chi connectivity index (χ4n) is 3.55. The highest BCUT2D eigenvalue weighted by atomic mass is 32.2. The van der Waals surface area contributed by atoms with Gasteiger partial charge in [-0.05, 0) is 55.0 Å². The number of benzene rings is 2. The van der Waals surface area contributed by atoms with Crippen molar-refractivity contribution in [2.75, 3.05) is 0 Å². The van der Waals surface area contributed by atoms with Crippen LogP contribution >= 0.6 is 0 Å². The van der Waals surface area contributed by atoms with Gasteiger partial charge in [-0.1, -0.05) is 18.2 Å². The Hall–Kier alpha value is -3.52. The summed E-state index contributed by atoms with van der Waals surface area (Å²) in [5.41, 5.74) is 1.02. The Kier molecular flexibility index (Phi) is 5.32. The van der Waals surface area contributed by atoms with E-state index in [1.165, 1.54) is 24.3 Å². The number of halogens is 1. The third kappa shape index (κ3) is 3.94. The topological polar surface area (TPSA) is 93.0 Å². The Balaban J connectivity index is 1.74. The third-order valence-electron chi connectivity index (χ3n) is 4.96. The Bertz CT molecular complexity index is 1290. The molecular weight excluding hydrogens is 421 g/mol. The summed E-state index contributed by atoms with van der Waals surface area (Å²) in [6.07, 6.45) is 0.813. The predicted octanol–water partition coefficient (Wildman–Crippen LogP) is 4.97. The minimum Gasteiger partial charge on any atom is -0.481 e. The van der Waals surface area contributed by atoms with Gasteiger partial charge in [0.1, 0.15) is 22.2 Å². The van der Waals surface area contributed by atoms with Crippen LogP contribution in [0.25, 0.3) is 0 Å². The van der Waals surface area contributed by atoms with E-state index in [-0.39, 0.29) is 22.5 Å². The molecule has 0 unspecified atom stereocenters. The predicted molar refractivity (Wildman–Crippen MR) is 113 cm³/mol. The van der Waals surface area contributed by atoms with Crippen LogP contribution in [0.5, 0.6) is 11.5 Å². The molecule has 158 valence electrons. The van der Waals surface area contributed by atoms with Crippen molar-refractivity contribution in [3.63, 3.8) is 0 Å². The molecule has 2 aromatic rings. The van der Waals surface area contributed by atoms with Crippen molar-refractivity contribution in [1.29, 1.82) is 0 Å². The molecule has 1 aliphatic carbocycles. The van der Waals surface area contributed by atoms with Gasteiger partial charge in [0.05, 0.1) is 17.0 Å². The second-order valence-electron chi connectivity index (χ2n) is 7.04. The normalized spacial score (nSPS) is 16.1. The van der Waals surface area contributed by atoms with Gasteiger partial charge < -0.3 is 9.84 Å². The number of hydrogen-bond acceptors (Lipinski definition) is 5. The van der Waals surface area contributed by atoms with Crippen molar-refractivity contribution in [3.8, 4) is 11.5 Å². The summed E-state index contributed by atoms with van der Waals surface area (Å²) in [5.74, 6) is -1.04. The SMILES string of the molecule is CC1=C(CC(=O)O)C2=C(S(=O)(=O)c3ccc(Oc4ccccc4)cc3)C(F)=CCC2=N1. The third-order valence-corrected chi connectivity index (χ3v) is 6.79. The molecule has 1 aliphatic heterocycles. The lowest BCUT2D eigenvalue weighted by molar-refractivity contribution is -0.136. The monoisotopic (exact) mass is 439 g/mol. The molecule has 0 aromatic heterocycles. The van der Waals surface area contributed by atoms with Crippen molar-refractivity contribution in [3.05, 3.63) is 88.2 Å². The van der Waals surface area contributed by atoms with Gasteiger partial charge in [0.25, 0.3) is 0 Å². The highest BCUT2D eigenvalue weighted by Crippen LogP contribution is 2.41. The summed E-state index contributed by atoms with van der Waals surface area (Å²) in [4.78, 5) is 14.9. The molecule has 0 saturated heterocycles. The maximum atomic E-state index is 14.8. The molecule has 2 aromatic carbocycles. The fourth-order valence-corrected chi connectivity index (χ4v) is 5.13. The number of aliphatic imine (C=N–C) groups is 1. The van der Waals surface area contributed by atoms with E-state index in [4.69, 9.17) is 4.74 Å². The number of para-hydroxylation sites is 1. The summed E-state index contributed by atoms with van der Waals surface area (Å²) in [7, 11) is -4.27. The largest absolute Gasteiger partial charge is 0.481 e. The Morgan fingerprint density at radius 3 is 2.39 bits per heavy atom. The Morgan fingerprint density at radius 1 is 1.10 bits per heavy atom. The quantitative estimate of drug-likeness (QED) is 0.686. The lowest BCUT2D eigenvalue weighted by Crippen LogP contribution is -2.17. The van der Waals surface area contributed by atoms with Gasteiger partial charge in [-0.3, -0.25) is 9.79 Å². The second-order valence-corrected chi connectivity index (χ2v) is 8.93. The van der Waals surface area contributed by atoms with Gasteiger partial charge in [0.2, 0.25) is 9.84 Å². The molecule has 0 spiro atoms. The van der Waals surface area contributed by atoms with Crippen LogP contribution in [0, 0.1) is 0 Å². The lowest BCUT2D eigenvalue weighted by atomic mass is 9.94. The summed E-state index contributed by atoms with van der Waals surface area (Å²) in [6, 6.07) is 14.6. The molecule has 4 rings (SSSR count). The number of carboxylic acids is 1. The molecule has 0 amide bonds. The first kappa shape index (κ1) is 20.7. The van der Waals surface area contributed by atoms with E-state index < -0.39 is 33.0 Å². The highest BCUT2D eigenvalue weighted by Gasteiger charge is 2.37. The first-order valence-corrected chi connectivity index (χ1v) is 10.9. The average molecular weight is 439 g/mol. The summed E-state index contributed by atoms with van der Waals surface area (Å²) >= 11 is 0. The minimum absolute atomic E-state index is 0.0597. The molecule has 0 atom stereocenters. The molecule has 1 N–H and O–H groups in total. The number of hydrogen-bond donors (Lipinski definition) is 1. The zero-order valence-electron chi connectivity index (χ0n) is 16.5. The zero-order chi connectivity index (χ0) is 22.2. The van der Waals surface area contributed by atoms with Crippen LogP contribution in [0.2, 0.25) is 0 Å². The molecule has 6 nitrogen and oxygen atoms in total. The maximum absolute atomic E-state index is 14.8. The molecule has 0 saturated carbocycles. The van der Waals surface area contributed by atoms with Gasteiger partial charge >= 0.3 is 5.97 Å². The van der Waals surface area contributed by atoms with Crippen LogP contribution in [-0.2, 0) is 14.6 Å². The van der Waals surface area contributed by atoms with Gasteiger partial charge in [0.15, 0.2) is 0 Å². The number of ether oxygens (including phenoxy) is 1. The van der Waals surface area contributed by atoms with E-state index >= 15 is 0 Å². The number of carboxylic acid groups (broad SMARTS) is 1. The smallest absolute Gasteiger partial charge is 0.307 e. The van der Waals surface area contributed by atoms with Crippen LogP contribution in [0.4, 0.5) is 4.39 Å². The zero-order valence-corrected chi connectivity index (χ0v) is 17.3. The highest BCUT2D eigenvalue weighted by molar-refractivity contribution is 7.95.